The van der Waals surface area contributed by atoms with Crippen LogP contribution in [0.3, 0.4) is 0 Å². The molecule has 3 aromatic rings. The number of nitrogens with one attached hydrogen (secondary N) is 1. The maximum absolute atomic E-state index is 12.9. The van der Waals surface area contributed by atoms with E-state index in [1.807, 2.05) is 62.4 Å². The smallest absolute Gasteiger partial charge is 0.341 e. The van der Waals surface area contributed by atoms with Crippen molar-refractivity contribution < 1.29 is 9.53 Å². The SMILES string of the molecule is CCOC(=O)c1c(NC(=S)N2CCN(c3ccc(Cl)c(Cl)c3)CC2)sc(C)c1-c1ccccc1. The highest BCUT2D eigenvalue weighted by Gasteiger charge is 2.27. The number of carbonyl (C=O) groups excluding carboxylic acids is 1. The summed E-state index contributed by atoms with van der Waals surface area (Å²) in [5, 5.41) is 5.75. The van der Waals surface area contributed by atoms with E-state index in [1.54, 1.807) is 0 Å². The molecule has 1 aromatic heterocycles. The number of esters is 1. The van der Waals surface area contributed by atoms with Crippen LogP contribution in [0.2, 0.25) is 10.0 Å². The first kappa shape index (κ1) is 24.8. The van der Waals surface area contributed by atoms with Gasteiger partial charge in [-0.15, -0.1) is 11.3 Å². The van der Waals surface area contributed by atoms with Crippen LogP contribution >= 0.6 is 46.8 Å². The van der Waals surface area contributed by atoms with Crippen LogP contribution in [0.15, 0.2) is 48.5 Å². The minimum absolute atomic E-state index is 0.308. The average molecular weight is 535 g/mol. The zero-order valence-electron chi connectivity index (χ0n) is 18.9. The van der Waals surface area contributed by atoms with Crippen molar-refractivity contribution in [1.82, 2.24) is 4.90 Å². The van der Waals surface area contributed by atoms with E-state index in [0.29, 0.717) is 32.3 Å². The van der Waals surface area contributed by atoms with Crippen LogP contribution in [-0.2, 0) is 4.74 Å². The third kappa shape index (κ3) is 5.33. The summed E-state index contributed by atoms with van der Waals surface area (Å²) < 4.78 is 5.40. The molecule has 0 aliphatic carbocycles. The molecule has 2 heterocycles. The Labute approximate surface area is 219 Å². The molecule has 0 amide bonds. The quantitative estimate of drug-likeness (QED) is 0.290. The lowest BCUT2D eigenvalue weighted by atomic mass is 10.0. The number of hydrogen-bond acceptors (Lipinski definition) is 5. The summed E-state index contributed by atoms with van der Waals surface area (Å²) in [6, 6.07) is 15.6. The van der Waals surface area contributed by atoms with Gasteiger partial charge in [0, 0.05) is 42.3 Å². The number of hydrogen-bond donors (Lipinski definition) is 1. The fourth-order valence-electron chi connectivity index (χ4n) is 4.01. The number of aryl methyl sites for hydroxylation is 1. The second kappa shape index (κ2) is 11.0. The molecule has 5 nitrogen and oxygen atoms in total. The predicted molar refractivity (Wildman–Crippen MR) is 147 cm³/mol. The maximum atomic E-state index is 12.9. The average Bonchev–Trinajstić information content (AvgIpc) is 3.17. The summed E-state index contributed by atoms with van der Waals surface area (Å²) >= 11 is 19.5. The summed E-state index contributed by atoms with van der Waals surface area (Å²) in [6.07, 6.45) is 0. The Morgan fingerprint density at radius 3 is 2.44 bits per heavy atom. The Morgan fingerprint density at radius 2 is 1.79 bits per heavy atom. The first-order chi connectivity index (χ1) is 16.4. The molecule has 2 aromatic carbocycles. The Morgan fingerprint density at radius 1 is 1.09 bits per heavy atom. The molecule has 1 saturated heterocycles. The number of rotatable bonds is 5. The van der Waals surface area contributed by atoms with Crippen LogP contribution in [0.5, 0.6) is 0 Å². The highest BCUT2D eigenvalue weighted by Crippen LogP contribution is 2.40. The first-order valence-electron chi connectivity index (χ1n) is 11.0. The van der Waals surface area contributed by atoms with Gasteiger partial charge in [0.15, 0.2) is 5.11 Å². The van der Waals surface area contributed by atoms with Crippen molar-refractivity contribution in [2.45, 2.75) is 13.8 Å². The van der Waals surface area contributed by atoms with Crippen LogP contribution in [0.25, 0.3) is 11.1 Å². The lowest BCUT2D eigenvalue weighted by Crippen LogP contribution is -2.50. The molecule has 1 fully saturated rings. The molecule has 1 aliphatic heterocycles. The second-order valence-corrected chi connectivity index (χ2v) is 10.3. The summed E-state index contributed by atoms with van der Waals surface area (Å²) in [6.45, 7) is 7.22. The van der Waals surface area contributed by atoms with Crippen LogP contribution in [0, 0.1) is 6.92 Å². The molecule has 0 unspecified atom stereocenters. The van der Waals surface area contributed by atoms with Gasteiger partial charge in [-0.05, 0) is 49.8 Å². The number of ether oxygens (including phenoxy) is 1. The van der Waals surface area contributed by atoms with Crippen molar-refractivity contribution in [3.05, 3.63) is 69.0 Å². The topological polar surface area (TPSA) is 44.8 Å². The van der Waals surface area contributed by atoms with Crippen LogP contribution in [0.1, 0.15) is 22.2 Å². The fraction of sp³-hybridized carbons (Fsp3) is 0.280. The van der Waals surface area contributed by atoms with Gasteiger partial charge in [-0.3, -0.25) is 0 Å². The molecule has 1 aliphatic rings. The summed E-state index contributed by atoms with van der Waals surface area (Å²) in [7, 11) is 0. The summed E-state index contributed by atoms with van der Waals surface area (Å²) in [5.74, 6) is -0.347. The highest BCUT2D eigenvalue weighted by molar-refractivity contribution is 7.80. The van der Waals surface area contributed by atoms with E-state index < -0.39 is 0 Å². The van der Waals surface area contributed by atoms with Gasteiger partial charge in [-0.25, -0.2) is 4.79 Å². The largest absolute Gasteiger partial charge is 0.462 e. The van der Waals surface area contributed by atoms with Crippen LogP contribution < -0.4 is 10.2 Å². The van der Waals surface area contributed by atoms with Gasteiger partial charge in [0.2, 0.25) is 0 Å². The minimum Gasteiger partial charge on any atom is -0.462 e. The van der Waals surface area contributed by atoms with Crippen LogP contribution in [0.4, 0.5) is 10.7 Å². The van der Waals surface area contributed by atoms with Gasteiger partial charge < -0.3 is 19.9 Å². The molecule has 9 heteroatoms. The van der Waals surface area contributed by atoms with Crippen molar-refractivity contribution in [3.8, 4) is 11.1 Å². The monoisotopic (exact) mass is 533 g/mol. The Hall–Kier alpha value is -2.32. The number of piperazine rings is 1. The van der Waals surface area contributed by atoms with E-state index in [0.717, 1.165) is 47.9 Å². The number of thiocarbonyl (C=S) groups is 1. The Bertz CT molecular complexity index is 1190. The molecule has 0 atom stereocenters. The minimum atomic E-state index is -0.347. The van der Waals surface area contributed by atoms with E-state index in [4.69, 9.17) is 40.2 Å². The third-order valence-corrected chi connectivity index (χ3v) is 7.80. The Kier molecular flexibility index (Phi) is 7.99. The molecule has 0 radical (unpaired) electrons. The lowest BCUT2D eigenvalue weighted by molar-refractivity contribution is 0.0529. The number of halogens is 2. The molecule has 0 bridgehead atoms. The fourth-order valence-corrected chi connectivity index (χ4v) is 5.71. The van der Waals surface area contributed by atoms with Crippen molar-refractivity contribution in [2.75, 3.05) is 43.0 Å². The van der Waals surface area contributed by atoms with E-state index in [1.165, 1.54) is 11.3 Å². The van der Waals surface area contributed by atoms with E-state index in [-0.39, 0.29) is 5.97 Å². The Balaban J connectivity index is 1.51. The maximum Gasteiger partial charge on any atom is 0.341 e. The van der Waals surface area contributed by atoms with Crippen molar-refractivity contribution >= 4 is 68.5 Å². The molecule has 0 saturated carbocycles. The molecule has 1 N–H and O–H groups in total. The normalized spacial score (nSPS) is 13.6. The zero-order valence-corrected chi connectivity index (χ0v) is 22.1. The van der Waals surface area contributed by atoms with E-state index in [9.17, 15) is 4.79 Å². The standard InChI is InChI=1S/C25H25Cl2N3O2S2/c1-3-32-24(31)22-21(17-7-5-4-6-8-17)16(2)34-23(22)28-25(33)30-13-11-29(12-14-30)18-9-10-19(26)20(27)15-18/h4-10,15H,3,11-14H2,1-2H3,(H,28,33). The number of benzene rings is 2. The predicted octanol–water partition coefficient (Wildman–Crippen LogP) is 6.73. The lowest BCUT2D eigenvalue weighted by Gasteiger charge is -2.37. The van der Waals surface area contributed by atoms with Crippen molar-refractivity contribution in [1.29, 1.82) is 0 Å². The van der Waals surface area contributed by atoms with Gasteiger partial charge in [-0.2, -0.15) is 0 Å². The number of nitrogens with zero attached hydrogens (tertiary/aromatic N) is 2. The van der Waals surface area contributed by atoms with Gasteiger partial charge in [-0.1, -0.05) is 53.5 Å². The van der Waals surface area contributed by atoms with E-state index in [2.05, 4.69) is 15.1 Å². The summed E-state index contributed by atoms with van der Waals surface area (Å²) in [5.41, 5.74) is 3.44. The molecule has 34 heavy (non-hydrogen) atoms. The second-order valence-electron chi connectivity index (χ2n) is 7.83. The molecule has 178 valence electrons. The summed E-state index contributed by atoms with van der Waals surface area (Å²) in [4.78, 5) is 18.4. The van der Waals surface area contributed by atoms with Gasteiger partial charge in [0.1, 0.15) is 10.6 Å². The number of carbonyl (C=O) groups is 1. The van der Waals surface area contributed by atoms with Gasteiger partial charge >= 0.3 is 5.97 Å². The zero-order chi connectivity index (χ0) is 24.2. The van der Waals surface area contributed by atoms with E-state index >= 15 is 0 Å². The van der Waals surface area contributed by atoms with Gasteiger partial charge in [0.05, 0.1) is 16.7 Å². The number of thiophene rings is 1. The third-order valence-electron chi connectivity index (χ3n) is 5.68. The molecule has 0 spiro atoms. The first-order valence-corrected chi connectivity index (χ1v) is 13.0. The molecular formula is C25H25Cl2N3O2S2. The van der Waals surface area contributed by atoms with Crippen LogP contribution in [-0.4, -0.2) is 48.8 Å². The van der Waals surface area contributed by atoms with Gasteiger partial charge in [0.25, 0.3) is 0 Å². The van der Waals surface area contributed by atoms with Crippen molar-refractivity contribution in [3.63, 3.8) is 0 Å². The molecule has 4 rings (SSSR count). The highest BCUT2D eigenvalue weighted by atomic mass is 35.5. The van der Waals surface area contributed by atoms with Crippen molar-refractivity contribution in [2.24, 2.45) is 0 Å². The number of anilines is 2. The molecular weight excluding hydrogens is 509 g/mol.